The molecule has 4 saturated carbocycles. The fraction of sp³-hybridized carbons (Fsp3) is 1.00. The Morgan fingerprint density at radius 2 is 0.893 bits per heavy atom. The quantitative estimate of drug-likeness (QED) is 0.588. The first-order chi connectivity index (χ1) is 13.6. The topological polar surface area (TPSA) is 40.5 Å². The van der Waals surface area contributed by atoms with Crippen molar-refractivity contribution in [3.05, 3.63) is 0 Å². The molecule has 0 radical (unpaired) electrons. The van der Waals surface area contributed by atoms with Crippen molar-refractivity contribution in [2.24, 2.45) is 41.4 Å². The van der Waals surface area contributed by atoms with Crippen LogP contribution in [0.15, 0.2) is 0 Å². The lowest BCUT2D eigenvalue weighted by Crippen LogP contribution is -2.43. The summed E-state index contributed by atoms with van der Waals surface area (Å²) in [6.45, 7) is 2.35. The molecule has 4 aliphatic rings. The Labute approximate surface area is 173 Å². The Morgan fingerprint density at radius 1 is 0.500 bits per heavy atom. The molecule has 2 nitrogen and oxygen atoms in total. The average molecular weight is 391 g/mol. The van der Waals surface area contributed by atoms with E-state index >= 15 is 0 Å². The fourth-order valence-corrected chi connectivity index (χ4v) is 8.02. The van der Waals surface area contributed by atoms with Gasteiger partial charge in [-0.15, -0.1) is 0 Å². The molecule has 6 unspecified atom stereocenters. The minimum atomic E-state index is -0.126. The van der Waals surface area contributed by atoms with E-state index in [0.29, 0.717) is 17.8 Å². The van der Waals surface area contributed by atoms with Crippen molar-refractivity contribution in [2.75, 3.05) is 0 Å². The molecule has 162 valence electrons. The minimum absolute atomic E-state index is 0.126. The number of aliphatic hydroxyl groups is 2. The molecular weight excluding hydrogens is 344 g/mol. The van der Waals surface area contributed by atoms with Crippen LogP contribution < -0.4 is 0 Å². The lowest BCUT2D eigenvalue weighted by atomic mass is 9.62. The van der Waals surface area contributed by atoms with Gasteiger partial charge in [0, 0.05) is 0 Å². The molecule has 2 heteroatoms. The van der Waals surface area contributed by atoms with Crippen molar-refractivity contribution >= 4 is 0 Å². The van der Waals surface area contributed by atoms with Crippen molar-refractivity contribution in [1.29, 1.82) is 0 Å². The highest BCUT2D eigenvalue weighted by molar-refractivity contribution is 4.92. The Morgan fingerprint density at radius 3 is 1.25 bits per heavy atom. The van der Waals surface area contributed by atoms with Crippen molar-refractivity contribution in [1.82, 2.24) is 0 Å². The predicted molar refractivity (Wildman–Crippen MR) is 116 cm³/mol. The summed E-state index contributed by atoms with van der Waals surface area (Å²) in [4.78, 5) is 0. The van der Waals surface area contributed by atoms with Crippen LogP contribution in [0.1, 0.15) is 110 Å². The normalized spacial score (nSPS) is 43.0. The molecule has 0 spiro atoms. The molecule has 0 saturated heterocycles. The molecule has 0 aliphatic heterocycles. The van der Waals surface area contributed by atoms with Crippen LogP contribution in [0.4, 0.5) is 0 Å². The number of aliphatic hydroxyl groups excluding tert-OH is 2. The van der Waals surface area contributed by atoms with Crippen LogP contribution in [0.3, 0.4) is 0 Å². The maximum Gasteiger partial charge on any atom is 0.0573 e. The van der Waals surface area contributed by atoms with Crippen LogP contribution in [0.2, 0.25) is 0 Å². The van der Waals surface area contributed by atoms with Crippen LogP contribution in [-0.2, 0) is 0 Å². The summed E-state index contributed by atoms with van der Waals surface area (Å²) in [7, 11) is 0. The minimum Gasteiger partial charge on any atom is -0.393 e. The third kappa shape index (κ3) is 4.80. The highest BCUT2D eigenvalue weighted by atomic mass is 16.3. The zero-order valence-corrected chi connectivity index (χ0v) is 18.4. The van der Waals surface area contributed by atoms with Gasteiger partial charge >= 0.3 is 0 Å². The summed E-state index contributed by atoms with van der Waals surface area (Å²) in [5.41, 5.74) is 0. The highest BCUT2D eigenvalue weighted by Gasteiger charge is 2.42. The monoisotopic (exact) mass is 390 g/mol. The fourth-order valence-electron chi connectivity index (χ4n) is 8.02. The van der Waals surface area contributed by atoms with Crippen LogP contribution in [0.5, 0.6) is 0 Å². The predicted octanol–water partition coefficient (Wildman–Crippen LogP) is 6.34. The van der Waals surface area contributed by atoms with Gasteiger partial charge in [-0.25, -0.2) is 0 Å². The molecule has 0 amide bonds. The highest BCUT2D eigenvalue weighted by Crippen LogP contribution is 2.47. The van der Waals surface area contributed by atoms with Crippen molar-refractivity contribution in [3.8, 4) is 0 Å². The van der Waals surface area contributed by atoms with Gasteiger partial charge in [0.2, 0.25) is 0 Å². The molecule has 4 rings (SSSR count). The van der Waals surface area contributed by atoms with Crippen LogP contribution in [0.25, 0.3) is 0 Å². The van der Waals surface area contributed by atoms with Gasteiger partial charge in [0.25, 0.3) is 0 Å². The van der Waals surface area contributed by atoms with Gasteiger partial charge in [-0.2, -0.15) is 0 Å². The maximum atomic E-state index is 11.0. The van der Waals surface area contributed by atoms with E-state index in [-0.39, 0.29) is 12.2 Å². The first-order valence-electron chi connectivity index (χ1n) is 13.0. The van der Waals surface area contributed by atoms with E-state index in [2.05, 4.69) is 6.92 Å². The largest absolute Gasteiger partial charge is 0.393 e. The Bertz CT molecular complexity index is 423. The van der Waals surface area contributed by atoms with Gasteiger partial charge in [0.05, 0.1) is 12.2 Å². The van der Waals surface area contributed by atoms with E-state index in [1.54, 1.807) is 0 Å². The van der Waals surface area contributed by atoms with Gasteiger partial charge in [-0.3, -0.25) is 0 Å². The molecule has 6 atom stereocenters. The van der Waals surface area contributed by atoms with Gasteiger partial charge in [0.1, 0.15) is 0 Å². The zero-order chi connectivity index (χ0) is 19.5. The summed E-state index contributed by atoms with van der Waals surface area (Å²) in [6, 6.07) is 0. The Hall–Kier alpha value is -0.0800. The van der Waals surface area contributed by atoms with Crippen molar-refractivity contribution in [2.45, 2.75) is 122 Å². The molecular formula is C26H46O2. The molecule has 0 aromatic carbocycles. The van der Waals surface area contributed by atoms with E-state index < -0.39 is 0 Å². The summed E-state index contributed by atoms with van der Waals surface area (Å²) in [5, 5.41) is 22.1. The molecule has 28 heavy (non-hydrogen) atoms. The van der Waals surface area contributed by atoms with Crippen molar-refractivity contribution < 1.29 is 10.2 Å². The molecule has 4 fully saturated rings. The summed E-state index contributed by atoms with van der Waals surface area (Å²) < 4.78 is 0. The van der Waals surface area contributed by atoms with Crippen LogP contribution >= 0.6 is 0 Å². The first kappa shape index (κ1) is 21.2. The summed E-state index contributed by atoms with van der Waals surface area (Å²) >= 11 is 0. The zero-order valence-electron chi connectivity index (χ0n) is 18.4. The third-order valence-corrected chi connectivity index (χ3v) is 9.80. The maximum absolute atomic E-state index is 11.0. The third-order valence-electron chi connectivity index (χ3n) is 9.80. The summed E-state index contributed by atoms with van der Waals surface area (Å²) in [6.07, 6.45) is 21.0. The number of hydrogen-bond acceptors (Lipinski definition) is 2. The van der Waals surface area contributed by atoms with Gasteiger partial charge in [-0.05, 0) is 80.0 Å². The van der Waals surface area contributed by atoms with Crippen LogP contribution in [0, 0.1) is 41.4 Å². The van der Waals surface area contributed by atoms with E-state index in [1.165, 1.54) is 89.9 Å². The van der Waals surface area contributed by atoms with E-state index in [9.17, 15) is 10.2 Å². The summed E-state index contributed by atoms with van der Waals surface area (Å²) in [5.74, 6) is 4.63. The lowest BCUT2D eigenvalue weighted by Gasteiger charge is -2.46. The van der Waals surface area contributed by atoms with Crippen LogP contribution in [-0.4, -0.2) is 22.4 Å². The molecule has 0 bridgehead atoms. The number of hydrogen-bond donors (Lipinski definition) is 2. The van der Waals surface area contributed by atoms with E-state index in [1.807, 2.05) is 0 Å². The molecule has 2 N–H and O–H groups in total. The molecule has 0 aromatic heterocycles. The van der Waals surface area contributed by atoms with E-state index in [4.69, 9.17) is 0 Å². The average Bonchev–Trinajstić information content (AvgIpc) is 2.74. The van der Waals surface area contributed by atoms with E-state index in [0.717, 1.165) is 36.5 Å². The first-order valence-corrected chi connectivity index (χ1v) is 13.0. The second kappa shape index (κ2) is 9.82. The number of rotatable bonds is 4. The molecule has 0 aromatic rings. The second-order valence-electron chi connectivity index (χ2n) is 11.3. The van der Waals surface area contributed by atoms with Gasteiger partial charge in [0.15, 0.2) is 0 Å². The second-order valence-corrected chi connectivity index (χ2v) is 11.3. The standard InChI is InChI=1S/C26H46O2/c1-18(23-14-12-21(16-25(23)27)19-8-4-2-5-9-19)24-15-13-22(17-26(24)28)20-10-6-3-7-11-20/h18-28H,2-17H2,1H3. The smallest absolute Gasteiger partial charge is 0.0573 e. The SMILES string of the molecule is CC(C1CCC(C2CCCCC2)CC1O)C1CCC(C2CCCCC2)CC1O. The van der Waals surface area contributed by atoms with Gasteiger partial charge < -0.3 is 10.2 Å². The Kier molecular flexibility index (Phi) is 7.42. The Balaban J connectivity index is 1.28. The molecule has 4 aliphatic carbocycles. The molecule has 0 heterocycles. The van der Waals surface area contributed by atoms with Crippen molar-refractivity contribution in [3.63, 3.8) is 0 Å². The lowest BCUT2D eigenvalue weighted by molar-refractivity contribution is -0.0554. The van der Waals surface area contributed by atoms with Gasteiger partial charge in [-0.1, -0.05) is 71.1 Å².